The first-order valence-corrected chi connectivity index (χ1v) is 7.46. The van der Waals surface area contributed by atoms with Crippen LogP contribution in [0.25, 0.3) is 0 Å². The lowest BCUT2D eigenvalue weighted by Gasteiger charge is -2.51. The number of piperazine rings is 1. The van der Waals surface area contributed by atoms with Gasteiger partial charge in [-0.3, -0.25) is 4.90 Å². The minimum atomic E-state index is 0.381. The highest BCUT2D eigenvalue weighted by atomic mass is 15.3. The van der Waals surface area contributed by atoms with E-state index < -0.39 is 0 Å². The van der Waals surface area contributed by atoms with E-state index in [1.165, 1.54) is 51.7 Å². The first-order chi connectivity index (χ1) is 7.98. The highest BCUT2D eigenvalue weighted by molar-refractivity contribution is 5.03. The van der Waals surface area contributed by atoms with Gasteiger partial charge < -0.3 is 5.32 Å². The van der Waals surface area contributed by atoms with Gasteiger partial charge in [0.05, 0.1) is 0 Å². The molecular weight excluding hydrogens is 208 g/mol. The molecule has 2 fully saturated rings. The zero-order valence-corrected chi connectivity index (χ0v) is 12.2. The van der Waals surface area contributed by atoms with Crippen molar-refractivity contribution < 1.29 is 0 Å². The third-order valence-corrected chi connectivity index (χ3v) is 4.82. The van der Waals surface area contributed by atoms with Crippen LogP contribution in [-0.2, 0) is 0 Å². The number of rotatable bonds is 2. The molecule has 1 heterocycles. The van der Waals surface area contributed by atoms with Crippen LogP contribution in [0, 0.1) is 5.41 Å². The largest absolute Gasteiger partial charge is 0.310 e. The number of hydrogen-bond acceptors (Lipinski definition) is 2. The summed E-state index contributed by atoms with van der Waals surface area (Å²) in [5.74, 6) is 0. The van der Waals surface area contributed by atoms with Crippen molar-refractivity contribution in [3.8, 4) is 0 Å². The van der Waals surface area contributed by atoms with Crippen LogP contribution in [-0.4, -0.2) is 36.1 Å². The molecule has 0 aromatic rings. The number of hydrogen-bond donors (Lipinski definition) is 1. The van der Waals surface area contributed by atoms with Gasteiger partial charge in [0.25, 0.3) is 0 Å². The summed E-state index contributed by atoms with van der Waals surface area (Å²) in [5, 5.41) is 3.84. The van der Waals surface area contributed by atoms with E-state index >= 15 is 0 Å². The smallest absolute Gasteiger partial charge is 0.0334 e. The Balaban J connectivity index is 2.08. The van der Waals surface area contributed by atoms with Crippen molar-refractivity contribution in [2.24, 2.45) is 5.41 Å². The third-order valence-electron chi connectivity index (χ3n) is 4.82. The van der Waals surface area contributed by atoms with Crippen LogP contribution in [0.15, 0.2) is 0 Å². The van der Waals surface area contributed by atoms with Crippen molar-refractivity contribution in [3.63, 3.8) is 0 Å². The Morgan fingerprint density at radius 1 is 1.24 bits per heavy atom. The summed E-state index contributed by atoms with van der Waals surface area (Å²) >= 11 is 0. The maximum atomic E-state index is 3.84. The van der Waals surface area contributed by atoms with Gasteiger partial charge in [0, 0.05) is 24.7 Å². The Hall–Kier alpha value is -0.0800. The highest BCUT2D eigenvalue weighted by Gasteiger charge is 2.44. The maximum absolute atomic E-state index is 3.84. The molecule has 0 aromatic carbocycles. The molecule has 2 heteroatoms. The molecule has 100 valence electrons. The van der Waals surface area contributed by atoms with E-state index in [0.29, 0.717) is 17.0 Å². The van der Waals surface area contributed by atoms with Crippen molar-refractivity contribution in [2.45, 2.75) is 71.4 Å². The summed E-state index contributed by atoms with van der Waals surface area (Å²) in [4.78, 5) is 2.81. The molecule has 2 rings (SSSR count). The van der Waals surface area contributed by atoms with Crippen LogP contribution in [0.2, 0.25) is 0 Å². The molecular formula is C15H30N2. The molecule has 0 radical (unpaired) electrons. The normalized spacial score (nSPS) is 30.0. The topological polar surface area (TPSA) is 15.3 Å². The number of nitrogens with one attached hydrogen (secondary N) is 1. The molecule has 17 heavy (non-hydrogen) atoms. The quantitative estimate of drug-likeness (QED) is 0.795. The van der Waals surface area contributed by atoms with E-state index in [0.717, 1.165) is 0 Å². The van der Waals surface area contributed by atoms with Crippen molar-refractivity contribution in [1.29, 1.82) is 0 Å². The van der Waals surface area contributed by atoms with Gasteiger partial charge in [-0.15, -0.1) is 0 Å². The maximum Gasteiger partial charge on any atom is 0.0334 e. The van der Waals surface area contributed by atoms with Crippen LogP contribution in [0.1, 0.15) is 59.8 Å². The number of nitrogens with zero attached hydrogens (tertiary/aromatic N) is 1. The Morgan fingerprint density at radius 2 is 1.88 bits per heavy atom. The molecule has 1 saturated heterocycles. The molecule has 0 bridgehead atoms. The average Bonchev–Trinajstić information content (AvgIpc) is 2.70. The Labute approximate surface area is 107 Å². The molecule has 0 amide bonds. The van der Waals surface area contributed by atoms with E-state index in [2.05, 4.69) is 37.9 Å². The Morgan fingerprint density at radius 3 is 2.41 bits per heavy atom. The standard InChI is InChI=1S/C15H30N2/c1-5-10-17-11-13(14(2,3)4)16-12-15(17)8-6-7-9-15/h13,16H,5-12H2,1-4H3. The third kappa shape index (κ3) is 2.68. The fourth-order valence-corrected chi connectivity index (χ4v) is 3.61. The van der Waals surface area contributed by atoms with Crippen LogP contribution in [0.4, 0.5) is 0 Å². The lowest BCUT2D eigenvalue weighted by Crippen LogP contribution is -2.66. The van der Waals surface area contributed by atoms with Gasteiger partial charge in [0.1, 0.15) is 0 Å². The average molecular weight is 238 g/mol. The van der Waals surface area contributed by atoms with E-state index in [1.807, 2.05) is 0 Å². The van der Waals surface area contributed by atoms with Crippen molar-refractivity contribution >= 4 is 0 Å². The van der Waals surface area contributed by atoms with Crippen LogP contribution < -0.4 is 5.32 Å². The molecule has 1 N–H and O–H groups in total. The van der Waals surface area contributed by atoms with E-state index in [-0.39, 0.29) is 0 Å². The highest BCUT2D eigenvalue weighted by Crippen LogP contribution is 2.38. The zero-order chi connectivity index (χ0) is 12.5. The summed E-state index contributed by atoms with van der Waals surface area (Å²) < 4.78 is 0. The summed E-state index contributed by atoms with van der Waals surface area (Å²) in [7, 11) is 0. The molecule has 1 aliphatic carbocycles. The first kappa shape index (κ1) is 13.4. The molecule has 1 saturated carbocycles. The zero-order valence-electron chi connectivity index (χ0n) is 12.2. The minimum Gasteiger partial charge on any atom is -0.310 e. The van der Waals surface area contributed by atoms with Gasteiger partial charge >= 0.3 is 0 Å². The molecule has 1 aliphatic heterocycles. The fraction of sp³-hybridized carbons (Fsp3) is 1.00. The van der Waals surface area contributed by atoms with Crippen molar-refractivity contribution in [2.75, 3.05) is 19.6 Å². The van der Waals surface area contributed by atoms with Gasteiger partial charge in [-0.2, -0.15) is 0 Å². The lowest BCUT2D eigenvalue weighted by molar-refractivity contribution is 0.0173. The lowest BCUT2D eigenvalue weighted by atomic mass is 9.81. The van der Waals surface area contributed by atoms with Gasteiger partial charge in [-0.25, -0.2) is 0 Å². The Bertz CT molecular complexity index is 248. The monoisotopic (exact) mass is 238 g/mol. The summed E-state index contributed by atoms with van der Waals surface area (Å²) in [6.45, 7) is 13.2. The predicted octanol–water partition coefficient (Wildman–Crippen LogP) is 3.03. The van der Waals surface area contributed by atoms with Crippen LogP contribution >= 0.6 is 0 Å². The minimum absolute atomic E-state index is 0.381. The second-order valence-corrected chi connectivity index (χ2v) is 7.18. The van der Waals surface area contributed by atoms with Crippen molar-refractivity contribution in [1.82, 2.24) is 10.2 Å². The van der Waals surface area contributed by atoms with Gasteiger partial charge in [0.2, 0.25) is 0 Å². The Kier molecular flexibility index (Phi) is 3.84. The van der Waals surface area contributed by atoms with Gasteiger partial charge in [-0.1, -0.05) is 40.5 Å². The second-order valence-electron chi connectivity index (χ2n) is 7.18. The molecule has 2 nitrogen and oxygen atoms in total. The molecule has 2 aliphatic rings. The van der Waals surface area contributed by atoms with Gasteiger partial charge in [0.15, 0.2) is 0 Å². The summed E-state index contributed by atoms with van der Waals surface area (Å²) in [6, 6.07) is 0.653. The first-order valence-electron chi connectivity index (χ1n) is 7.46. The van der Waals surface area contributed by atoms with Gasteiger partial charge in [-0.05, 0) is 31.2 Å². The summed E-state index contributed by atoms with van der Waals surface area (Å²) in [5.41, 5.74) is 0.893. The van der Waals surface area contributed by atoms with E-state index in [4.69, 9.17) is 0 Å². The molecule has 1 atom stereocenters. The van der Waals surface area contributed by atoms with E-state index in [1.54, 1.807) is 0 Å². The fourth-order valence-electron chi connectivity index (χ4n) is 3.61. The molecule has 0 aromatic heterocycles. The SMILES string of the molecule is CCCN1CC(C(C)(C)C)NCC12CCCC2. The molecule has 1 spiro atoms. The van der Waals surface area contributed by atoms with Crippen LogP contribution in [0.3, 0.4) is 0 Å². The second kappa shape index (κ2) is 4.89. The molecule has 1 unspecified atom stereocenters. The van der Waals surface area contributed by atoms with E-state index in [9.17, 15) is 0 Å². The predicted molar refractivity (Wildman–Crippen MR) is 74.3 cm³/mol. The van der Waals surface area contributed by atoms with Crippen LogP contribution in [0.5, 0.6) is 0 Å². The van der Waals surface area contributed by atoms with Crippen molar-refractivity contribution in [3.05, 3.63) is 0 Å². The summed E-state index contributed by atoms with van der Waals surface area (Å²) in [6.07, 6.45) is 6.98.